The van der Waals surface area contributed by atoms with Crippen molar-refractivity contribution in [1.82, 2.24) is 29.7 Å². The van der Waals surface area contributed by atoms with Gasteiger partial charge in [0.05, 0.1) is 5.56 Å². The van der Waals surface area contributed by atoms with Crippen molar-refractivity contribution >= 4 is 17.2 Å². The summed E-state index contributed by atoms with van der Waals surface area (Å²) in [5.74, 6) is 1.19. The Balaban J connectivity index is 1.27. The first-order chi connectivity index (χ1) is 12.8. The maximum atomic E-state index is 12.2. The minimum absolute atomic E-state index is 0.101. The first kappa shape index (κ1) is 15.8. The number of carbonyl (C=O) groups is 1. The van der Waals surface area contributed by atoms with Crippen molar-refractivity contribution in [2.24, 2.45) is 0 Å². The molecule has 8 nitrogen and oxygen atoms in total. The van der Waals surface area contributed by atoms with Crippen LogP contribution in [-0.2, 0) is 0 Å². The van der Waals surface area contributed by atoms with Crippen LogP contribution in [0.5, 0.6) is 0 Å². The summed E-state index contributed by atoms with van der Waals surface area (Å²) < 4.78 is 3.56. The number of hydrogen-bond donors (Lipinski definition) is 2. The van der Waals surface area contributed by atoms with E-state index in [4.69, 9.17) is 0 Å². The molecule has 0 fully saturated rings. The van der Waals surface area contributed by atoms with Crippen LogP contribution in [0, 0.1) is 0 Å². The predicted octanol–water partition coefficient (Wildman–Crippen LogP) is 1.76. The van der Waals surface area contributed by atoms with E-state index in [1.54, 1.807) is 17.1 Å². The van der Waals surface area contributed by atoms with Crippen LogP contribution in [0.2, 0.25) is 0 Å². The van der Waals surface area contributed by atoms with Gasteiger partial charge in [-0.15, -0.1) is 10.2 Å². The van der Waals surface area contributed by atoms with Crippen molar-refractivity contribution in [1.29, 1.82) is 0 Å². The number of anilines is 1. The zero-order valence-corrected chi connectivity index (χ0v) is 13.9. The smallest absolute Gasteiger partial charge is 0.252 e. The summed E-state index contributed by atoms with van der Waals surface area (Å²) in [4.78, 5) is 12.2. The molecule has 0 aromatic carbocycles. The van der Waals surface area contributed by atoms with E-state index >= 15 is 0 Å². The number of aromatic nitrogens is 5. The Morgan fingerprint density at radius 3 is 2.77 bits per heavy atom. The van der Waals surface area contributed by atoms with Gasteiger partial charge in [0.25, 0.3) is 5.91 Å². The molecule has 0 aliphatic carbocycles. The lowest BCUT2D eigenvalue weighted by Gasteiger charge is -2.07. The normalized spacial score (nSPS) is 10.8. The van der Waals surface area contributed by atoms with Gasteiger partial charge in [-0.25, -0.2) is 4.68 Å². The molecule has 0 saturated heterocycles. The molecule has 0 radical (unpaired) electrons. The van der Waals surface area contributed by atoms with E-state index in [0.29, 0.717) is 30.3 Å². The van der Waals surface area contributed by atoms with Crippen molar-refractivity contribution in [3.63, 3.8) is 0 Å². The Morgan fingerprint density at radius 1 is 1.04 bits per heavy atom. The highest BCUT2D eigenvalue weighted by Gasteiger charge is 2.07. The van der Waals surface area contributed by atoms with Crippen LogP contribution in [-0.4, -0.2) is 43.4 Å². The van der Waals surface area contributed by atoms with Crippen molar-refractivity contribution in [2.75, 3.05) is 18.4 Å². The molecule has 0 unspecified atom stereocenters. The zero-order chi connectivity index (χ0) is 17.8. The lowest BCUT2D eigenvalue weighted by Crippen LogP contribution is -2.28. The molecule has 0 spiro atoms. The van der Waals surface area contributed by atoms with Crippen LogP contribution < -0.4 is 10.6 Å². The number of fused-ring (bicyclic) bond motifs is 1. The standard InChI is InChI=1S/C18H17N7O/c26-18(14-12-15-4-1-2-10-24(15)13-14)20-9-8-19-16-5-6-17(23-22-16)25-11-3-7-21-25/h1-7,10-13H,8-9H2,(H,19,22)(H,20,26). The molecule has 0 saturated carbocycles. The second kappa shape index (κ2) is 7.06. The third-order valence-corrected chi connectivity index (χ3v) is 3.87. The van der Waals surface area contributed by atoms with E-state index in [2.05, 4.69) is 25.9 Å². The van der Waals surface area contributed by atoms with Crippen LogP contribution in [0.1, 0.15) is 10.4 Å². The van der Waals surface area contributed by atoms with E-state index in [-0.39, 0.29) is 5.91 Å². The fourth-order valence-corrected chi connectivity index (χ4v) is 2.59. The fourth-order valence-electron chi connectivity index (χ4n) is 2.59. The highest BCUT2D eigenvalue weighted by Crippen LogP contribution is 2.09. The summed E-state index contributed by atoms with van der Waals surface area (Å²) >= 11 is 0. The maximum Gasteiger partial charge on any atom is 0.252 e. The summed E-state index contributed by atoms with van der Waals surface area (Å²) in [6, 6.07) is 13.2. The summed E-state index contributed by atoms with van der Waals surface area (Å²) in [6.45, 7) is 1.03. The van der Waals surface area contributed by atoms with Gasteiger partial charge in [-0.1, -0.05) is 6.07 Å². The minimum atomic E-state index is -0.101. The van der Waals surface area contributed by atoms with Crippen LogP contribution in [0.3, 0.4) is 0 Å². The Labute approximate surface area is 149 Å². The van der Waals surface area contributed by atoms with Crippen LogP contribution >= 0.6 is 0 Å². The molecule has 4 heterocycles. The molecule has 4 aromatic heterocycles. The highest BCUT2D eigenvalue weighted by atomic mass is 16.1. The Morgan fingerprint density at radius 2 is 2.00 bits per heavy atom. The molecule has 4 rings (SSSR count). The van der Waals surface area contributed by atoms with Crippen molar-refractivity contribution < 1.29 is 4.79 Å². The average molecular weight is 347 g/mol. The van der Waals surface area contributed by atoms with Crippen LogP contribution in [0.4, 0.5) is 5.82 Å². The molecule has 4 aromatic rings. The van der Waals surface area contributed by atoms with Gasteiger partial charge in [0, 0.05) is 43.4 Å². The van der Waals surface area contributed by atoms with Crippen molar-refractivity contribution in [3.05, 3.63) is 72.8 Å². The number of rotatable bonds is 6. The molecule has 130 valence electrons. The van der Waals surface area contributed by atoms with Crippen LogP contribution in [0.15, 0.2) is 67.3 Å². The molecular weight excluding hydrogens is 330 g/mol. The Hall–Kier alpha value is -3.68. The Bertz CT molecular complexity index is 973. The second-order valence-electron chi connectivity index (χ2n) is 5.67. The molecule has 26 heavy (non-hydrogen) atoms. The van der Waals surface area contributed by atoms with Crippen molar-refractivity contribution in [2.45, 2.75) is 0 Å². The van der Waals surface area contributed by atoms with Gasteiger partial charge in [-0.2, -0.15) is 5.10 Å². The average Bonchev–Trinajstić information content (AvgIpc) is 3.35. The number of hydrogen-bond acceptors (Lipinski definition) is 5. The van der Waals surface area contributed by atoms with Gasteiger partial charge in [-0.05, 0) is 36.4 Å². The quantitative estimate of drug-likeness (QED) is 0.519. The molecule has 1 amide bonds. The van der Waals surface area contributed by atoms with Gasteiger partial charge < -0.3 is 15.0 Å². The number of nitrogens with zero attached hydrogens (tertiary/aromatic N) is 5. The SMILES string of the molecule is O=C(NCCNc1ccc(-n2cccn2)nn1)c1cc2ccccn2c1. The molecule has 0 aliphatic heterocycles. The van der Waals surface area contributed by atoms with Gasteiger partial charge >= 0.3 is 0 Å². The predicted molar refractivity (Wildman–Crippen MR) is 97.4 cm³/mol. The third-order valence-electron chi connectivity index (χ3n) is 3.87. The Kier molecular flexibility index (Phi) is 4.29. The second-order valence-corrected chi connectivity index (χ2v) is 5.67. The van der Waals surface area contributed by atoms with E-state index < -0.39 is 0 Å². The molecule has 0 atom stereocenters. The third kappa shape index (κ3) is 3.39. The zero-order valence-electron chi connectivity index (χ0n) is 13.9. The van der Waals surface area contributed by atoms with Crippen LogP contribution in [0.25, 0.3) is 11.3 Å². The molecule has 0 bridgehead atoms. The highest BCUT2D eigenvalue weighted by molar-refractivity contribution is 5.95. The lowest BCUT2D eigenvalue weighted by molar-refractivity contribution is 0.0955. The lowest BCUT2D eigenvalue weighted by atomic mass is 10.3. The fraction of sp³-hybridized carbons (Fsp3) is 0.111. The van der Waals surface area contributed by atoms with Gasteiger partial charge in [0.15, 0.2) is 5.82 Å². The van der Waals surface area contributed by atoms with E-state index in [1.165, 1.54) is 0 Å². The van der Waals surface area contributed by atoms with Gasteiger partial charge in [0.1, 0.15) is 5.82 Å². The number of pyridine rings is 1. The summed E-state index contributed by atoms with van der Waals surface area (Å²) in [5.41, 5.74) is 1.63. The van der Waals surface area contributed by atoms with Crippen molar-refractivity contribution in [3.8, 4) is 5.82 Å². The molecule has 2 N–H and O–H groups in total. The first-order valence-electron chi connectivity index (χ1n) is 8.22. The minimum Gasteiger partial charge on any atom is -0.367 e. The largest absolute Gasteiger partial charge is 0.367 e. The topological polar surface area (TPSA) is 89.1 Å². The number of carbonyl (C=O) groups excluding carboxylic acids is 1. The first-order valence-corrected chi connectivity index (χ1v) is 8.22. The molecule has 0 aliphatic rings. The molecule has 8 heteroatoms. The number of amides is 1. The van der Waals surface area contributed by atoms with Gasteiger partial charge in [0.2, 0.25) is 0 Å². The molecular formula is C18H17N7O. The summed E-state index contributed by atoms with van der Waals surface area (Å²) in [5, 5.41) is 18.3. The monoisotopic (exact) mass is 347 g/mol. The van der Waals surface area contributed by atoms with Gasteiger partial charge in [-0.3, -0.25) is 4.79 Å². The van der Waals surface area contributed by atoms with E-state index in [1.807, 2.05) is 59.3 Å². The summed E-state index contributed by atoms with van der Waals surface area (Å²) in [7, 11) is 0. The summed E-state index contributed by atoms with van der Waals surface area (Å²) in [6.07, 6.45) is 7.22. The maximum absolute atomic E-state index is 12.2. The van der Waals surface area contributed by atoms with E-state index in [0.717, 1.165) is 5.52 Å². The number of nitrogens with one attached hydrogen (secondary N) is 2. The van der Waals surface area contributed by atoms with E-state index in [9.17, 15) is 4.79 Å².